The van der Waals surface area contributed by atoms with Crippen LogP contribution in [0.25, 0.3) is 11.5 Å². The third-order valence-corrected chi connectivity index (χ3v) is 6.08. The summed E-state index contributed by atoms with van der Waals surface area (Å²) in [6.07, 6.45) is -0.365. The lowest BCUT2D eigenvalue weighted by molar-refractivity contribution is -0.153. The molecule has 5 rings (SSSR count). The summed E-state index contributed by atoms with van der Waals surface area (Å²) in [4.78, 5) is 40.1. The zero-order valence-corrected chi connectivity index (χ0v) is 16.8. The van der Waals surface area contributed by atoms with Gasteiger partial charge in [0.05, 0.1) is 18.2 Å². The van der Waals surface area contributed by atoms with Gasteiger partial charge in [-0.15, -0.1) is 10.2 Å². The molecule has 2 aromatic rings. The van der Waals surface area contributed by atoms with Crippen LogP contribution >= 0.6 is 0 Å². The highest BCUT2D eigenvalue weighted by atomic mass is 16.5. The molecule has 4 heterocycles. The van der Waals surface area contributed by atoms with E-state index < -0.39 is 35.4 Å². The molecule has 0 radical (unpaired) electrons. The molecule has 156 valence electrons. The number of hydrogen-bond donors (Lipinski definition) is 2. The maximum Gasteiger partial charge on any atom is 0.328 e. The first-order chi connectivity index (χ1) is 14.3. The molecule has 1 spiro atoms. The maximum absolute atomic E-state index is 13.1. The summed E-state index contributed by atoms with van der Waals surface area (Å²) in [6.45, 7) is 6.02. The van der Waals surface area contributed by atoms with Gasteiger partial charge >= 0.3 is 6.03 Å². The number of aryl methyl sites for hydroxylation is 1. The summed E-state index contributed by atoms with van der Waals surface area (Å²) in [7, 11) is 0. The number of anilines is 1. The molecule has 1 aromatic carbocycles. The van der Waals surface area contributed by atoms with Gasteiger partial charge < -0.3 is 14.1 Å². The number of ether oxygens (including phenoxy) is 1. The predicted octanol–water partition coefficient (Wildman–Crippen LogP) is 0.936. The molecule has 1 aromatic heterocycles. The van der Waals surface area contributed by atoms with Crippen molar-refractivity contribution >= 4 is 23.5 Å². The highest BCUT2D eigenvalue weighted by Gasteiger charge is 2.62. The van der Waals surface area contributed by atoms with Gasteiger partial charge in [-0.2, -0.15) is 0 Å². The van der Waals surface area contributed by atoms with Crippen LogP contribution < -0.4 is 15.5 Å². The molecule has 10 heteroatoms. The van der Waals surface area contributed by atoms with Crippen molar-refractivity contribution < 1.29 is 23.5 Å². The number of amides is 4. The van der Waals surface area contributed by atoms with Gasteiger partial charge in [-0.25, -0.2) is 4.79 Å². The summed E-state index contributed by atoms with van der Waals surface area (Å²) in [5.74, 6) is -0.413. The molecule has 3 atom stereocenters. The quantitative estimate of drug-likeness (QED) is 0.664. The van der Waals surface area contributed by atoms with E-state index in [2.05, 4.69) is 25.7 Å². The first-order valence-corrected chi connectivity index (χ1v) is 9.82. The SMILES string of the molecule is Cc1nnc(-c2ccc3c(c2)CC2(C(=O)NC(=O)NC2=O)[C@H]2[C@H](C)O[C@H](C)CN32)o1. The second kappa shape index (κ2) is 6.36. The molecule has 2 fully saturated rings. The molecule has 4 amide bonds. The minimum atomic E-state index is -1.50. The monoisotopic (exact) mass is 411 g/mol. The number of carbonyl (C=O) groups is 3. The predicted molar refractivity (Wildman–Crippen MR) is 103 cm³/mol. The smallest absolute Gasteiger partial charge is 0.328 e. The Balaban J connectivity index is 1.68. The van der Waals surface area contributed by atoms with Crippen LogP contribution in [0.3, 0.4) is 0 Å². The average Bonchev–Trinajstić information content (AvgIpc) is 3.11. The Bertz CT molecular complexity index is 1060. The molecule has 0 aliphatic carbocycles. The lowest BCUT2D eigenvalue weighted by Crippen LogP contribution is -2.75. The highest BCUT2D eigenvalue weighted by Crippen LogP contribution is 2.47. The van der Waals surface area contributed by atoms with Crippen molar-refractivity contribution in [1.29, 1.82) is 0 Å². The number of hydrogen-bond acceptors (Lipinski definition) is 8. The number of nitrogens with zero attached hydrogens (tertiary/aromatic N) is 3. The Morgan fingerprint density at radius 3 is 2.53 bits per heavy atom. The number of aromatic nitrogens is 2. The van der Waals surface area contributed by atoms with E-state index in [0.717, 1.165) is 11.3 Å². The van der Waals surface area contributed by atoms with Crippen molar-refractivity contribution in [3.8, 4) is 11.5 Å². The fourth-order valence-corrected chi connectivity index (χ4v) is 4.99. The number of benzene rings is 1. The first kappa shape index (κ1) is 18.7. The van der Waals surface area contributed by atoms with Crippen LogP contribution in [-0.2, 0) is 20.7 Å². The fraction of sp³-hybridized carbons (Fsp3) is 0.450. The van der Waals surface area contributed by atoms with Crippen LogP contribution in [-0.4, -0.2) is 52.8 Å². The largest absolute Gasteiger partial charge is 0.421 e. The molecule has 0 unspecified atom stereocenters. The molecular formula is C20H21N5O5. The van der Waals surface area contributed by atoms with Gasteiger partial charge in [0.1, 0.15) is 0 Å². The van der Waals surface area contributed by atoms with Crippen molar-refractivity contribution in [1.82, 2.24) is 20.8 Å². The van der Waals surface area contributed by atoms with Crippen LogP contribution in [0.2, 0.25) is 0 Å². The molecular weight excluding hydrogens is 390 g/mol. The summed E-state index contributed by atoms with van der Waals surface area (Å²) in [5.41, 5.74) is 0.916. The van der Waals surface area contributed by atoms with E-state index in [0.29, 0.717) is 23.9 Å². The molecule has 3 aliphatic heterocycles. The maximum atomic E-state index is 13.1. The van der Waals surface area contributed by atoms with Gasteiger partial charge in [0.25, 0.3) is 0 Å². The van der Waals surface area contributed by atoms with Crippen molar-refractivity contribution in [3.05, 3.63) is 29.7 Å². The van der Waals surface area contributed by atoms with Crippen molar-refractivity contribution in [3.63, 3.8) is 0 Å². The van der Waals surface area contributed by atoms with Gasteiger partial charge in [-0.3, -0.25) is 20.2 Å². The number of nitrogens with one attached hydrogen (secondary N) is 2. The molecule has 0 saturated carbocycles. The van der Waals surface area contributed by atoms with Crippen LogP contribution in [0.15, 0.2) is 22.6 Å². The van der Waals surface area contributed by atoms with Crippen molar-refractivity contribution in [2.75, 3.05) is 11.4 Å². The van der Waals surface area contributed by atoms with Gasteiger partial charge in [0.15, 0.2) is 5.41 Å². The summed E-state index contributed by atoms with van der Waals surface area (Å²) in [5, 5.41) is 12.5. The molecule has 0 bridgehead atoms. The van der Waals surface area contributed by atoms with Gasteiger partial charge in [0, 0.05) is 24.7 Å². The Kier molecular flexibility index (Phi) is 3.97. The average molecular weight is 411 g/mol. The van der Waals surface area contributed by atoms with E-state index in [1.54, 1.807) is 6.92 Å². The first-order valence-electron chi connectivity index (χ1n) is 9.82. The van der Waals surface area contributed by atoms with Gasteiger partial charge in [0.2, 0.25) is 23.6 Å². The van der Waals surface area contributed by atoms with Crippen molar-refractivity contribution in [2.24, 2.45) is 5.41 Å². The van der Waals surface area contributed by atoms with E-state index in [9.17, 15) is 14.4 Å². The molecule has 2 N–H and O–H groups in total. The highest BCUT2D eigenvalue weighted by molar-refractivity contribution is 6.20. The molecule has 10 nitrogen and oxygen atoms in total. The lowest BCUT2D eigenvalue weighted by Gasteiger charge is -2.55. The second-order valence-electron chi connectivity index (χ2n) is 8.10. The second-order valence-corrected chi connectivity index (χ2v) is 8.10. The Morgan fingerprint density at radius 1 is 1.13 bits per heavy atom. The topological polar surface area (TPSA) is 127 Å². The zero-order valence-electron chi connectivity index (χ0n) is 16.8. The van der Waals surface area contributed by atoms with E-state index in [1.807, 2.05) is 32.0 Å². The number of rotatable bonds is 1. The number of imide groups is 2. The normalized spacial score (nSPS) is 27.4. The number of fused-ring (bicyclic) bond motifs is 4. The van der Waals surface area contributed by atoms with Gasteiger partial charge in [-0.05, 0) is 44.0 Å². The summed E-state index contributed by atoms with van der Waals surface area (Å²) in [6, 6.07) is 4.34. The Hall–Kier alpha value is -3.27. The standard InChI is InChI=1S/C20H21N5O5/c1-9-8-25-14-5-4-12(16-24-23-11(3)30-16)6-13(14)7-20(15(25)10(2)29-9)17(26)21-19(28)22-18(20)27/h4-6,9-10,15H,7-8H2,1-3H3,(H2,21,22,26,27,28)/t9-,10+,15-/m1/s1. The third kappa shape index (κ3) is 2.56. The summed E-state index contributed by atoms with van der Waals surface area (Å²) >= 11 is 0. The fourth-order valence-electron chi connectivity index (χ4n) is 4.99. The van der Waals surface area contributed by atoms with Crippen molar-refractivity contribution in [2.45, 2.75) is 45.4 Å². The zero-order chi connectivity index (χ0) is 21.2. The van der Waals surface area contributed by atoms with Crippen LogP contribution in [0, 0.1) is 12.3 Å². The van der Waals surface area contributed by atoms with Crippen LogP contribution in [0.5, 0.6) is 0 Å². The Labute approximate surface area is 172 Å². The van der Waals surface area contributed by atoms with E-state index in [-0.39, 0.29) is 12.5 Å². The summed E-state index contributed by atoms with van der Waals surface area (Å²) < 4.78 is 11.5. The molecule has 30 heavy (non-hydrogen) atoms. The van der Waals surface area contributed by atoms with E-state index in [1.165, 1.54) is 0 Å². The number of barbiturate groups is 1. The number of carbonyl (C=O) groups excluding carboxylic acids is 3. The van der Waals surface area contributed by atoms with Crippen LogP contribution in [0.1, 0.15) is 25.3 Å². The number of urea groups is 1. The van der Waals surface area contributed by atoms with Crippen LogP contribution in [0.4, 0.5) is 10.5 Å². The van der Waals surface area contributed by atoms with E-state index >= 15 is 0 Å². The minimum Gasteiger partial charge on any atom is -0.421 e. The lowest BCUT2D eigenvalue weighted by atomic mass is 9.66. The number of morpholine rings is 1. The van der Waals surface area contributed by atoms with Gasteiger partial charge in [-0.1, -0.05) is 0 Å². The third-order valence-electron chi connectivity index (χ3n) is 6.08. The molecule has 2 saturated heterocycles. The van der Waals surface area contributed by atoms with E-state index in [4.69, 9.17) is 9.15 Å². The minimum absolute atomic E-state index is 0.0890. The molecule has 3 aliphatic rings. The Morgan fingerprint density at radius 2 is 1.87 bits per heavy atom.